The molecule has 0 aliphatic carbocycles. The van der Waals surface area contributed by atoms with Crippen LogP contribution in [0.2, 0.25) is 0 Å². The molecule has 0 unspecified atom stereocenters. The molecule has 1 aliphatic rings. The summed E-state index contributed by atoms with van der Waals surface area (Å²) in [5, 5.41) is 2.78. The number of nitrogens with zero attached hydrogens (tertiary/aromatic N) is 1. The van der Waals surface area contributed by atoms with Gasteiger partial charge < -0.3 is 11.1 Å². The van der Waals surface area contributed by atoms with Crippen molar-refractivity contribution in [1.82, 2.24) is 10.2 Å². The van der Waals surface area contributed by atoms with E-state index in [1.165, 1.54) is 12.1 Å². The van der Waals surface area contributed by atoms with Crippen LogP contribution in [-0.2, 0) is 4.79 Å². The van der Waals surface area contributed by atoms with Crippen LogP contribution in [0.1, 0.15) is 27.6 Å². The lowest BCUT2D eigenvalue weighted by molar-refractivity contribution is -0.125. The number of likely N-dealkylation sites (N-methyl/N-ethyl adjacent to an activating group) is 1. The Bertz CT molecular complexity index is 539. The Morgan fingerprint density at radius 3 is 2.67 bits per heavy atom. The topological polar surface area (TPSA) is 92.5 Å². The summed E-state index contributed by atoms with van der Waals surface area (Å²) in [4.78, 5) is 36.4. The molecule has 0 saturated carbocycles. The second-order valence-corrected chi connectivity index (χ2v) is 3.89. The minimum Gasteiger partial charge on any atom is -0.398 e. The lowest BCUT2D eigenvalue weighted by Crippen LogP contribution is -2.41. The van der Waals surface area contributed by atoms with Crippen LogP contribution in [-0.4, -0.2) is 35.7 Å². The van der Waals surface area contributed by atoms with E-state index in [0.717, 1.165) is 0 Å². The number of carbonyl (C=O) groups is 3. The van der Waals surface area contributed by atoms with Crippen LogP contribution in [0.15, 0.2) is 18.2 Å². The standard InChI is InChI=1S/C12H13N3O3/c1-2-14-6-9(16)15-11(17)7-4-3-5-8(13)10(7)12(15)18/h3-5,14H,2,6,13H2,1H3. The summed E-state index contributed by atoms with van der Waals surface area (Å²) in [6.45, 7) is 2.35. The Balaban J connectivity index is 2.34. The SMILES string of the molecule is CCNCC(=O)N1C(=O)c2cccc(N)c2C1=O. The fourth-order valence-electron chi connectivity index (χ4n) is 1.85. The second-order valence-electron chi connectivity index (χ2n) is 3.89. The van der Waals surface area contributed by atoms with Crippen molar-refractivity contribution in [2.75, 3.05) is 18.8 Å². The Kier molecular flexibility index (Phi) is 3.12. The molecule has 0 aromatic heterocycles. The van der Waals surface area contributed by atoms with Crippen molar-refractivity contribution in [3.05, 3.63) is 29.3 Å². The number of nitrogen functional groups attached to an aromatic ring is 1. The van der Waals surface area contributed by atoms with Crippen molar-refractivity contribution in [2.24, 2.45) is 0 Å². The molecular weight excluding hydrogens is 234 g/mol. The van der Waals surface area contributed by atoms with Crippen LogP contribution in [0, 0.1) is 0 Å². The summed E-state index contributed by atoms with van der Waals surface area (Å²) in [6.07, 6.45) is 0. The van der Waals surface area contributed by atoms with Gasteiger partial charge in [0.1, 0.15) is 0 Å². The first-order valence-corrected chi connectivity index (χ1v) is 5.58. The smallest absolute Gasteiger partial charge is 0.270 e. The number of benzene rings is 1. The first-order valence-electron chi connectivity index (χ1n) is 5.58. The number of hydrogen-bond acceptors (Lipinski definition) is 5. The number of fused-ring (bicyclic) bond motifs is 1. The molecule has 0 bridgehead atoms. The van der Waals surface area contributed by atoms with E-state index in [9.17, 15) is 14.4 Å². The molecule has 1 aromatic rings. The lowest BCUT2D eigenvalue weighted by atomic mass is 10.1. The van der Waals surface area contributed by atoms with Crippen molar-refractivity contribution < 1.29 is 14.4 Å². The van der Waals surface area contributed by atoms with Gasteiger partial charge in [0.15, 0.2) is 0 Å². The third-order valence-electron chi connectivity index (χ3n) is 2.72. The predicted octanol–water partition coefficient (Wildman–Crippen LogP) is 0.000900. The molecule has 94 valence electrons. The highest BCUT2D eigenvalue weighted by Crippen LogP contribution is 2.27. The van der Waals surface area contributed by atoms with Gasteiger partial charge in [-0.2, -0.15) is 0 Å². The molecule has 0 fully saturated rings. The maximum Gasteiger partial charge on any atom is 0.270 e. The van der Waals surface area contributed by atoms with E-state index in [-0.39, 0.29) is 23.4 Å². The van der Waals surface area contributed by atoms with E-state index in [4.69, 9.17) is 5.73 Å². The van der Waals surface area contributed by atoms with Gasteiger partial charge in [0.05, 0.1) is 17.7 Å². The first-order chi connectivity index (χ1) is 8.57. The molecule has 0 spiro atoms. The molecule has 0 radical (unpaired) electrons. The fraction of sp³-hybridized carbons (Fsp3) is 0.250. The molecule has 0 atom stereocenters. The van der Waals surface area contributed by atoms with Crippen molar-refractivity contribution in [2.45, 2.75) is 6.92 Å². The van der Waals surface area contributed by atoms with Crippen molar-refractivity contribution in [1.29, 1.82) is 0 Å². The van der Waals surface area contributed by atoms with Gasteiger partial charge in [0, 0.05) is 5.69 Å². The lowest BCUT2D eigenvalue weighted by Gasteiger charge is -2.11. The van der Waals surface area contributed by atoms with E-state index < -0.39 is 17.7 Å². The molecule has 1 aliphatic heterocycles. The largest absolute Gasteiger partial charge is 0.398 e. The zero-order valence-electron chi connectivity index (χ0n) is 9.90. The summed E-state index contributed by atoms with van der Waals surface area (Å²) in [5.41, 5.74) is 6.18. The highest BCUT2D eigenvalue weighted by Gasteiger charge is 2.40. The molecule has 2 rings (SSSR count). The zero-order chi connectivity index (χ0) is 13.3. The summed E-state index contributed by atoms with van der Waals surface area (Å²) in [5.74, 6) is -1.82. The number of imide groups is 3. The molecule has 3 N–H and O–H groups in total. The highest BCUT2D eigenvalue weighted by atomic mass is 16.2. The summed E-state index contributed by atoms with van der Waals surface area (Å²) in [7, 11) is 0. The quantitative estimate of drug-likeness (QED) is 0.579. The van der Waals surface area contributed by atoms with Crippen LogP contribution in [0.4, 0.5) is 5.69 Å². The number of nitrogens with two attached hydrogens (primary N) is 1. The van der Waals surface area contributed by atoms with E-state index in [1.54, 1.807) is 6.07 Å². The second kappa shape index (κ2) is 4.58. The van der Waals surface area contributed by atoms with Gasteiger partial charge in [-0.25, -0.2) is 4.90 Å². The van der Waals surface area contributed by atoms with Crippen molar-refractivity contribution >= 4 is 23.4 Å². The third-order valence-corrected chi connectivity index (χ3v) is 2.72. The van der Waals surface area contributed by atoms with Gasteiger partial charge in [-0.05, 0) is 18.7 Å². The van der Waals surface area contributed by atoms with Crippen molar-refractivity contribution in [3.8, 4) is 0 Å². The summed E-state index contributed by atoms with van der Waals surface area (Å²) in [6, 6.07) is 4.60. The molecule has 1 aromatic carbocycles. The molecule has 0 saturated heterocycles. The third kappa shape index (κ3) is 1.76. The predicted molar refractivity (Wildman–Crippen MR) is 64.9 cm³/mol. The fourth-order valence-corrected chi connectivity index (χ4v) is 1.85. The number of anilines is 1. The van der Waals surface area contributed by atoms with Gasteiger partial charge in [0.25, 0.3) is 17.7 Å². The Labute approximate surface area is 104 Å². The summed E-state index contributed by atoms with van der Waals surface area (Å²) < 4.78 is 0. The van der Waals surface area contributed by atoms with E-state index >= 15 is 0 Å². The molecule has 18 heavy (non-hydrogen) atoms. The monoisotopic (exact) mass is 247 g/mol. The maximum absolute atomic E-state index is 12.0. The van der Waals surface area contributed by atoms with Gasteiger partial charge in [-0.15, -0.1) is 0 Å². The van der Waals surface area contributed by atoms with E-state index in [0.29, 0.717) is 11.4 Å². The number of rotatable bonds is 3. The average Bonchev–Trinajstić information content (AvgIpc) is 2.60. The van der Waals surface area contributed by atoms with Crippen LogP contribution in [0.3, 0.4) is 0 Å². The summed E-state index contributed by atoms with van der Waals surface area (Å²) >= 11 is 0. The molecular formula is C12H13N3O3. The molecule has 3 amide bonds. The van der Waals surface area contributed by atoms with Crippen LogP contribution < -0.4 is 11.1 Å². The van der Waals surface area contributed by atoms with Crippen LogP contribution in [0.5, 0.6) is 0 Å². The van der Waals surface area contributed by atoms with Gasteiger partial charge >= 0.3 is 0 Å². The van der Waals surface area contributed by atoms with Gasteiger partial charge in [-0.3, -0.25) is 14.4 Å². The minimum atomic E-state index is -0.643. The average molecular weight is 247 g/mol. The van der Waals surface area contributed by atoms with Gasteiger partial charge in [-0.1, -0.05) is 13.0 Å². The molecule has 6 nitrogen and oxygen atoms in total. The molecule has 1 heterocycles. The molecule has 6 heteroatoms. The zero-order valence-corrected chi connectivity index (χ0v) is 9.90. The van der Waals surface area contributed by atoms with E-state index in [1.807, 2.05) is 6.92 Å². The Morgan fingerprint density at radius 1 is 1.33 bits per heavy atom. The van der Waals surface area contributed by atoms with Crippen molar-refractivity contribution in [3.63, 3.8) is 0 Å². The number of amides is 3. The minimum absolute atomic E-state index is 0.0537. The highest BCUT2D eigenvalue weighted by molar-refractivity contribution is 6.30. The van der Waals surface area contributed by atoms with Crippen LogP contribution >= 0.6 is 0 Å². The Hall–Kier alpha value is -2.21. The van der Waals surface area contributed by atoms with Gasteiger partial charge in [0.2, 0.25) is 0 Å². The number of carbonyl (C=O) groups excluding carboxylic acids is 3. The maximum atomic E-state index is 12.0. The van der Waals surface area contributed by atoms with E-state index in [2.05, 4.69) is 5.32 Å². The normalized spacial score (nSPS) is 13.9. The number of nitrogens with one attached hydrogen (secondary N) is 1. The first kappa shape index (κ1) is 12.3. The Morgan fingerprint density at radius 2 is 2.06 bits per heavy atom. The van der Waals surface area contributed by atoms with Crippen LogP contribution in [0.25, 0.3) is 0 Å². The number of hydrogen-bond donors (Lipinski definition) is 2.